The second-order valence-corrected chi connectivity index (χ2v) is 12.9. The zero-order chi connectivity index (χ0) is 37.8. The molecule has 0 amide bonds. The lowest BCUT2D eigenvalue weighted by molar-refractivity contribution is -0.182. The number of carbonyl (C=O) groups is 4. The molecule has 0 aliphatic carbocycles. The highest BCUT2D eigenvalue weighted by atomic mass is 16.7. The first-order valence-corrected chi connectivity index (χ1v) is 19.1. The molecular formula is C41H70O9. The van der Waals surface area contributed by atoms with Crippen LogP contribution < -0.4 is 0 Å². The summed E-state index contributed by atoms with van der Waals surface area (Å²) in [5, 5.41) is 17.1. The van der Waals surface area contributed by atoms with Crippen LogP contribution in [0.25, 0.3) is 0 Å². The summed E-state index contributed by atoms with van der Waals surface area (Å²) in [5.74, 6) is -2.94. The van der Waals surface area contributed by atoms with Crippen LogP contribution >= 0.6 is 0 Å². The van der Waals surface area contributed by atoms with E-state index < -0.39 is 30.2 Å². The van der Waals surface area contributed by atoms with Gasteiger partial charge in [0.25, 0.3) is 0 Å². The molecule has 1 atom stereocenters. The lowest BCUT2D eigenvalue weighted by Gasteiger charge is -2.16. The van der Waals surface area contributed by atoms with Gasteiger partial charge in [0, 0.05) is 29.7 Å². The summed E-state index contributed by atoms with van der Waals surface area (Å²) in [4.78, 5) is 42.7. The van der Waals surface area contributed by atoms with Crippen LogP contribution in [0.15, 0.2) is 49.6 Å². The SMILES string of the molecule is C=C(CCC1CO1)C(=O)O.C=C(CCCCCCCCCCCCCCCCCCC)C(=O)O.C=CC(=O)OC(CCCCC)OC(=O)C=C. The molecule has 1 fully saturated rings. The molecule has 9 heteroatoms. The summed E-state index contributed by atoms with van der Waals surface area (Å²) >= 11 is 0. The third-order valence-corrected chi connectivity index (χ3v) is 8.23. The summed E-state index contributed by atoms with van der Waals surface area (Å²) in [6, 6.07) is 0. The van der Waals surface area contributed by atoms with Crippen LogP contribution in [0.2, 0.25) is 0 Å². The number of unbranched alkanes of at least 4 members (excludes halogenated alkanes) is 18. The molecule has 0 aromatic heterocycles. The molecule has 0 aromatic rings. The summed E-state index contributed by atoms with van der Waals surface area (Å²) in [6.45, 7) is 18.6. The lowest BCUT2D eigenvalue weighted by Crippen LogP contribution is -2.23. The van der Waals surface area contributed by atoms with Gasteiger partial charge in [-0.25, -0.2) is 19.2 Å². The van der Waals surface area contributed by atoms with Gasteiger partial charge in [0.2, 0.25) is 6.29 Å². The fourth-order valence-electron chi connectivity index (χ4n) is 4.91. The number of epoxide rings is 1. The molecule has 0 radical (unpaired) electrons. The van der Waals surface area contributed by atoms with Gasteiger partial charge < -0.3 is 24.4 Å². The number of rotatable bonds is 31. The van der Waals surface area contributed by atoms with Crippen molar-refractivity contribution in [2.24, 2.45) is 0 Å². The standard InChI is InChI=1S/C22H42O2.C12H18O4.C7H10O3/c1-3-4-5-6-7-8-9-10-11-12-13-14-15-16-17-18-19-20-21(2)22(23)24;1-4-7-8-9-12(15-10(13)5-2)16-11(14)6-3;1-5(7(8)9)2-3-6-4-10-6/h2-20H2,1H3,(H,23,24);5-6,12H,2-4,7-9H2,1H3;6H,1-4H2,(H,8,9). The Morgan fingerprint density at radius 2 is 0.960 bits per heavy atom. The van der Waals surface area contributed by atoms with Crippen molar-refractivity contribution < 1.29 is 43.6 Å². The summed E-state index contributed by atoms with van der Waals surface area (Å²) < 4.78 is 14.6. The van der Waals surface area contributed by atoms with Crippen LogP contribution in [-0.2, 0) is 33.4 Å². The highest BCUT2D eigenvalue weighted by Gasteiger charge is 2.22. The van der Waals surface area contributed by atoms with Gasteiger partial charge >= 0.3 is 23.9 Å². The van der Waals surface area contributed by atoms with E-state index in [4.69, 9.17) is 24.4 Å². The Kier molecular flexibility index (Phi) is 34.8. The van der Waals surface area contributed by atoms with E-state index in [0.29, 0.717) is 30.9 Å². The van der Waals surface area contributed by atoms with Crippen molar-refractivity contribution in [3.05, 3.63) is 49.6 Å². The van der Waals surface area contributed by atoms with E-state index in [2.05, 4.69) is 40.2 Å². The number of carbonyl (C=O) groups excluding carboxylic acids is 2. The summed E-state index contributed by atoms with van der Waals surface area (Å²) in [6.07, 6.45) is 29.9. The Morgan fingerprint density at radius 3 is 1.30 bits per heavy atom. The minimum Gasteiger partial charge on any atom is -0.478 e. The quantitative estimate of drug-likeness (QED) is 0.0237. The highest BCUT2D eigenvalue weighted by Crippen LogP contribution is 2.18. The monoisotopic (exact) mass is 707 g/mol. The minimum absolute atomic E-state index is 0.274. The fraction of sp³-hybridized carbons (Fsp3) is 0.707. The number of esters is 2. The molecule has 1 saturated heterocycles. The van der Waals surface area contributed by atoms with Gasteiger partial charge in [-0.1, -0.05) is 156 Å². The highest BCUT2D eigenvalue weighted by molar-refractivity contribution is 5.86. The largest absolute Gasteiger partial charge is 0.478 e. The van der Waals surface area contributed by atoms with E-state index in [1.54, 1.807) is 0 Å². The van der Waals surface area contributed by atoms with Crippen LogP contribution in [0.1, 0.15) is 168 Å². The van der Waals surface area contributed by atoms with Crippen molar-refractivity contribution in [2.75, 3.05) is 6.61 Å². The van der Waals surface area contributed by atoms with Gasteiger partial charge in [0.15, 0.2) is 0 Å². The summed E-state index contributed by atoms with van der Waals surface area (Å²) in [5.41, 5.74) is 0.631. The molecule has 1 unspecified atom stereocenters. The molecule has 2 N–H and O–H groups in total. The van der Waals surface area contributed by atoms with E-state index in [9.17, 15) is 19.2 Å². The Bertz CT molecular complexity index is 930. The maximum Gasteiger partial charge on any atom is 0.333 e. The molecular weight excluding hydrogens is 636 g/mol. The average molecular weight is 707 g/mol. The smallest absolute Gasteiger partial charge is 0.333 e. The number of hydrogen-bond donors (Lipinski definition) is 2. The number of aliphatic carboxylic acids is 2. The third-order valence-electron chi connectivity index (χ3n) is 8.23. The fourth-order valence-corrected chi connectivity index (χ4v) is 4.91. The molecule has 288 valence electrons. The van der Waals surface area contributed by atoms with E-state index in [-0.39, 0.29) is 5.57 Å². The molecule has 0 bridgehead atoms. The van der Waals surface area contributed by atoms with Crippen molar-refractivity contribution in [2.45, 2.75) is 180 Å². The maximum absolute atomic E-state index is 11.0. The van der Waals surface area contributed by atoms with Gasteiger partial charge in [-0.05, 0) is 32.1 Å². The molecule has 1 aliphatic heterocycles. The Hall–Kier alpha value is -3.20. The number of ether oxygens (including phenoxy) is 3. The topological polar surface area (TPSA) is 140 Å². The predicted octanol–water partition coefficient (Wildman–Crippen LogP) is 10.8. The molecule has 0 aromatic carbocycles. The van der Waals surface area contributed by atoms with Crippen LogP contribution in [0.5, 0.6) is 0 Å². The van der Waals surface area contributed by atoms with Gasteiger partial charge in [-0.15, -0.1) is 0 Å². The van der Waals surface area contributed by atoms with E-state index >= 15 is 0 Å². The second kappa shape index (κ2) is 35.6. The van der Waals surface area contributed by atoms with Crippen LogP contribution in [-0.4, -0.2) is 53.1 Å². The minimum atomic E-state index is -0.902. The molecule has 1 aliphatic rings. The number of carboxylic acid groups (broad SMARTS) is 2. The lowest BCUT2D eigenvalue weighted by atomic mass is 10.0. The Balaban J connectivity index is 0. The van der Waals surface area contributed by atoms with Crippen LogP contribution in [0, 0.1) is 0 Å². The van der Waals surface area contributed by atoms with E-state index in [1.807, 2.05) is 0 Å². The molecule has 1 heterocycles. The van der Waals surface area contributed by atoms with E-state index in [1.165, 1.54) is 96.3 Å². The first kappa shape index (κ1) is 48.9. The van der Waals surface area contributed by atoms with E-state index in [0.717, 1.165) is 57.3 Å². The van der Waals surface area contributed by atoms with Crippen LogP contribution in [0.4, 0.5) is 0 Å². The maximum atomic E-state index is 11.0. The van der Waals surface area contributed by atoms with Gasteiger partial charge in [0.1, 0.15) is 0 Å². The van der Waals surface area contributed by atoms with Crippen molar-refractivity contribution in [1.82, 2.24) is 0 Å². The molecule has 50 heavy (non-hydrogen) atoms. The normalized spacial score (nSPS) is 12.7. The number of hydrogen-bond acceptors (Lipinski definition) is 7. The molecule has 0 spiro atoms. The Morgan fingerprint density at radius 1 is 0.620 bits per heavy atom. The average Bonchev–Trinajstić information content (AvgIpc) is 3.93. The molecule has 0 saturated carbocycles. The zero-order valence-electron chi connectivity index (χ0n) is 31.6. The Labute approximate surface area is 303 Å². The molecule has 9 nitrogen and oxygen atoms in total. The summed E-state index contributed by atoms with van der Waals surface area (Å²) in [7, 11) is 0. The predicted molar refractivity (Wildman–Crippen MR) is 202 cm³/mol. The number of carboxylic acids is 2. The first-order chi connectivity index (χ1) is 24.0. The van der Waals surface area contributed by atoms with Crippen molar-refractivity contribution in [1.29, 1.82) is 0 Å². The van der Waals surface area contributed by atoms with Gasteiger partial charge in [0.05, 0.1) is 12.7 Å². The first-order valence-electron chi connectivity index (χ1n) is 19.1. The second-order valence-electron chi connectivity index (χ2n) is 12.9. The van der Waals surface area contributed by atoms with Crippen molar-refractivity contribution in [3.8, 4) is 0 Å². The molecule has 1 rings (SSSR count). The zero-order valence-corrected chi connectivity index (χ0v) is 31.6. The van der Waals surface area contributed by atoms with Crippen molar-refractivity contribution in [3.63, 3.8) is 0 Å². The van der Waals surface area contributed by atoms with Crippen molar-refractivity contribution >= 4 is 23.9 Å². The van der Waals surface area contributed by atoms with Gasteiger partial charge in [-0.2, -0.15) is 0 Å². The van der Waals surface area contributed by atoms with Crippen LogP contribution in [0.3, 0.4) is 0 Å². The third kappa shape index (κ3) is 36.1. The van der Waals surface area contributed by atoms with Gasteiger partial charge in [-0.3, -0.25) is 0 Å².